The zero-order chi connectivity index (χ0) is 15.9. The summed E-state index contributed by atoms with van der Waals surface area (Å²) in [6, 6.07) is 3.01. The summed E-state index contributed by atoms with van der Waals surface area (Å²) >= 11 is 0. The molecule has 0 aromatic carbocycles. The lowest BCUT2D eigenvalue weighted by molar-refractivity contribution is -0.0888. The molecule has 1 aromatic heterocycles. The maximum Gasteiger partial charge on any atom is 0.319 e. The van der Waals surface area contributed by atoms with Crippen molar-refractivity contribution in [1.82, 2.24) is 9.47 Å². The standard InChI is InChI=1S/C16H22F2N2O2/c1-11-5-6-13(20(11)15(17)18)14(21)19-9-8-16(22)7-3-2-4-12(16)10-19/h5-6,12,15,22H,2-4,7-10H2,1H3/t12-,16-/m0/s1. The van der Waals surface area contributed by atoms with Gasteiger partial charge in [-0.1, -0.05) is 12.8 Å². The first-order chi connectivity index (χ1) is 10.4. The number of hydrogen-bond acceptors (Lipinski definition) is 2. The van der Waals surface area contributed by atoms with E-state index in [0.717, 1.165) is 30.3 Å². The van der Waals surface area contributed by atoms with E-state index in [1.54, 1.807) is 17.9 Å². The lowest BCUT2D eigenvalue weighted by Crippen LogP contribution is -2.54. The number of rotatable bonds is 2. The van der Waals surface area contributed by atoms with Crippen molar-refractivity contribution in [2.24, 2.45) is 5.92 Å². The summed E-state index contributed by atoms with van der Waals surface area (Å²) in [7, 11) is 0. The van der Waals surface area contributed by atoms with Gasteiger partial charge in [-0.3, -0.25) is 9.36 Å². The predicted molar refractivity (Wildman–Crippen MR) is 77.9 cm³/mol. The Hall–Kier alpha value is -1.43. The van der Waals surface area contributed by atoms with E-state index in [1.807, 2.05) is 0 Å². The maximum atomic E-state index is 13.1. The van der Waals surface area contributed by atoms with Gasteiger partial charge in [0.2, 0.25) is 0 Å². The number of fused-ring (bicyclic) bond motifs is 1. The van der Waals surface area contributed by atoms with Crippen LogP contribution >= 0.6 is 0 Å². The molecule has 2 atom stereocenters. The molecule has 2 fully saturated rings. The van der Waals surface area contributed by atoms with E-state index >= 15 is 0 Å². The van der Waals surface area contributed by atoms with Gasteiger partial charge < -0.3 is 10.0 Å². The number of halogens is 2. The Kier molecular flexibility index (Phi) is 3.97. The lowest BCUT2D eigenvalue weighted by Gasteiger charge is -2.47. The summed E-state index contributed by atoms with van der Waals surface area (Å²) in [5.74, 6) is -0.295. The number of amides is 1. The van der Waals surface area contributed by atoms with E-state index in [9.17, 15) is 18.7 Å². The number of carbonyl (C=O) groups is 1. The molecule has 0 bridgehead atoms. The Balaban J connectivity index is 1.79. The quantitative estimate of drug-likeness (QED) is 0.912. The molecular weight excluding hydrogens is 290 g/mol. The summed E-state index contributed by atoms with van der Waals surface area (Å²) in [5, 5.41) is 10.6. The highest BCUT2D eigenvalue weighted by atomic mass is 19.3. The monoisotopic (exact) mass is 312 g/mol. The Morgan fingerprint density at radius 3 is 2.86 bits per heavy atom. The molecule has 1 aliphatic heterocycles. The molecule has 2 heterocycles. The number of alkyl halides is 2. The van der Waals surface area contributed by atoms with Gasteiger partial charge in [-0.05, 0) is 38.3 Å². The third-order valence-electron chi connectivity index (χ3n) is 5.25. The van der Waals surface area contributed by atoms with E-state index < -0.39 is 12.2 Å². The van der Waals surface area contributed by atoms with Crippen LogP contribution in [0.15, 0.2) is 12.1 Å². The molecule has 1 aliphatic carbocycles. The van der Waals surface area contributed by atoms with E-state index in [2.05, 4.69) is 0 Å². The van der Waals surface area contributed by atoms with Gasteiger partial charge in [-0.15, -0.1) is 0 Å². The number of hydrogen-bond donors (Lipinski definition) is 1. The van der Waals surface area contributed by atoms with E-state index in [0.29, 0.717) is 25.2 Å². The zero-order valence-corrected chi connectivity index (χ0v) is 12.8. The molecule has 1 N–H and O–H groups in total. The number of nitrogens with zero attached hydrogens (tertiary/aromatic N) is 2. The highest BCUT2D eigenvalue weighted by Gasteiger charge is 2.44. The third kappa shape index (κ3) is 2.53. The van der Waals surface area contributed by atoms with Crippen molar-refractivity contribution in [3.8, 4) is 0 Å². The van der Waals surface area contributed by atoms with Crippen LogP contribution in [0.4, 0.5) is 8.78 Å². The van der Waals surface area contributed by atoms with Crippen LogP contribution in [0.5, 0.6) is 0 Å². The first kappa shape index (κ1) is 15.5. The summed E-state index contributed by atoms with van der Waals surface area (Å²) in [6.45, 7) is -0.258. The fourth-order valence-corrected chi connectivity index (χ4v) is 3.90. The molecule has 122 valence electrons. The Morgan fingerprint density at radius 2 is 2.14 bits per heavy atom. The lowest BCUT2D eigenvalue weighted by atomic mass is 9.71. The molecule has 1 aromatic rings. The Labute approximate surface area is 128 Å². The van der Waals surface area contributed by atoms with Crippen molar-refractivity contribution < 1.29 is 18.7 Å². The first-order valence-electron chi connectivity index (χ1n) is 7.90. The predicted octanol–water partition coefficient (Wildman–Crippen LogP) is 2.96. The minimum Gasteiger partial charge on any atom is -0.389 e. The van der Waals surface area contributed by atoms with Crippen LogP contribution in [-0.4, -0.2) is 39.2 Å². The number of aliphatic hydroxyl groups is 1. The second-order valence-electron chi connectivity index (χ2n) is 6.56. The van der Waals surface area contributed by atoms with Crippen LogP contribution in [-0.2, 0) is 0 Å². The van der Waals surface area contributed by atoms with Crippen LogP contribution in [0.2, 0.25) is 0 Å². The van der Waals surface area contributed by atoms with Crippen molar-refractivity contribution in [2.75, 3.05) is 13.1 Å². The molecular formula is C16H22F2N2O2. The molecule has 1 saturated carbocycles. The van der Waals surface area contributed by atoms with Gasteiger partial charge in [0.25, 0.3) is 5.91 Å². The normalized spacial score (nSPS) is 28.8. The second-order valence-corrected chi connectivity index (χ2v) is 6.56. The van der Waals surface area contributed by atoms with E-state index in [-0.39, 0.29) is 17.5 Å². The largest absolute Gasteiger partial charge is 0.389 e. The Bertz CT molecular complexity index is 572. The van der Waals surface area contributed by atoms with Gasteiger partial charge in [0.05, 0.1) is 5.60 Å². The smallest absolute Gasteiger partial charge is 0.319 e. The average molecular weight is 312 g/mol. The van der Waals surface area contributed by atoms with E-state index in [1.165, 1.54) is 6.07 Å². The molecule has 0 radical (unpaired) electrons. The average Bonchev–Trinajstić information content (AvgIpc) is 2.87. The summed E-state index contributed by atoms with van der Waals surface area (Å²) < 4.78 is 27.0. The van der Waals surface area contributed by atoms with Crippen LogP contribution < -0.4 is 0 Å². The van der Waals surface area contributed by atoms with Crippen molar-refractivity contribution in [3.63, 3.8) is 0 Å². The van der Waals surface area contributed by atoms with Crippen LogP contribution in [0.25, 0.3) is 0 Å². The van der Waals surface area contributed by atoms with Gasteiger partial charge in [0, 0.05) is 24.7 Å². The van der Waals surface area contributed by atoms with Gasteiger partial charge in [0.15, 0.2) is 0 Å². The fraction of sp³-hybridized carbons (Fsp3) is 0.688. The minimum absolute atomic E-state index is 0.0359. The number of piperidine rings is 1. The van der Waals surface area contributed by atoms with Crippen molar-refractivity contribution >= 4 is 5.91 Å². The molecule has 0 unspecified atom stereocenters. The van der Waals surface area contributed by atoms with Gasteiger partial charge in [0.1, 0.15) is 5.69 Å². The first-order valence-corrected chi connectivity index (χ1v) is 7.90. The van der Waals surface area contributed by atoms with Crippen LogP contribution in [0.1, 0.15) is 54.8 Å². The van der Waals surface area contributed by atoms with E-state index in [4.69, 9.17) is 0 Å². The van der Waals surface area contributed by atoms with Crippen molar-refractivity contribution in [3.05, 3.63) is 23.5 Å². The molecule has 22 heavy (non-hydrogen) atoms. The molecule has 1 saturated heterocycles. The van der Waals surface area contributed by atoms with Crippen LogP contribution in [0, 0.1) is 12.8 Å². The second kappa shape index (κ2) is 5.65. The summed E-state index contributed by atoms with van der Waals surface area (Å²) in [5.41, 5.74) is -0.256. The molecule has 0 spiro atoms. The Morgan fingerprint density at radius 1 is 1.36 bits per heavy atom. The van der Waals surface area contributed by atoms with Gasteiger partial charge >= 0.3 is 6.55 Å². The van der Waals surface area contributed by atoms with Crippen molar-refractivity contribution in [1.29, 1.82) is 0 Å². The van der Waals surface area contributed by atoms with Gasteiger partial charge in [-0.2, -0.15) is 8.78 Å². The topological polar surface area (TPSA) is 45.5 Å². The number of aryl methyl sites for hydroxylation is 1. The number of likely N-dealkylation sites (tertiary alicyclic amines) is 1. The highest BCUT2D eigenvalue weighted by Crippen LogP contribution is 2.40. The van der Waals surface area contributed by atoms with Gasteiger partial charge in [-0.25, -0.2) is 0 Å². The van der Waals surface area contributed by atoms with Crippen LogP contribution in [0.3, 0.4) is 0 Å². The third-order valence-corrected chi connectivity index (χ3v) is 5.25. The fourth-order valence-electron chi connectivity index (χ4n) is 3.90. The number of aromatic nitrogens is 1. The molecule has 4 nitrogen and oxygen atoms in total. The molecule has 6 heteroatoms. The maximum absolute atomic E-state index is 13.1. The molecule has 1 amide bonds. The summed E-state index contributed by atoms with van der Waals surface area (Å²) in [6.07, 6.45) is 4.30. The highest BCUT2D eigenvalue weighted by molar-refractivity contribution is 5.93. The minimum atomic E-state index is -2.72. The SMILES string of the molecule is Cc1ccc(C(=O)N2CC[C@@]3(O)CCCC[C@H]3C2)n1C(F)F. The number of carbonyl (C=O) groups excluding carboxylic acids is 1. The zero-order valence-electron chi connectivity index (χ0n) is 12.8. The summed E-state index contributed by atoms with van der Waals surface area (Å²) in [4.78, 5) is 14.2. The van der Waals surface area contributed by atoms with Crippen molar-refractivity contribution in [2.45, 2.75) is 51.2 Å². The molecule has 2 aliphatic rings. The molecule has 3 rings (SSSR count).